The van der Waals surface area contributed by atoms with E-state index in [1.807, 2.05) is 0 Å². The molecule has 0 amide bonds. The second-order valence-electron chi connectivity index (χ2n) is 5.33. The average Bonchev–Trinajstić information content (AvgIpc) is 3.20. The fourth-order valence-corrected chi connectivity index (χ4v) is 2.68. The van der Waals surface area contributed by atoms with Gasteiger partial charge < -0.3 is 5.32 Å². The van der Waals surface area contributed by atoms with E-state index in [0.717, 1.165) is 24.8 Å². The van der Waals surface area contributed by atoms with Gasteiger partial charge in [0.15, 0.2) is 0 Å². The first-order valence-corrected chi connectivity index (χ1v) is 7.08. The van der Waals surface area contributed by atoms with Crippen molar-refractivity contribution in [3.63, 3.8) is 0 Å². The Balaban J connectivity index is 2.12. The molecule has 1 nitrogen and oxygen atoms in total. The first kappa shape index (κ1) is 12.6. The van der Waals surface area contributed by atoms with Gasteiger partial charge in [0.05, 0.1) is 0 Å². The molecule has 1 aromatic rings. The van der Waals surface area contributed by atoms with Gasteiger partial charge in [0.1, 0.15) is 0 Å². The van der Waals surface area contributed by atoms with E-state index >= 15 is 0 Å². The molecular weight excluding hydrogens is 206 g/mol. The van der Waals surface area contributed by atoms with Crippen LogP contribution in [0.3, 0.4) is 0 Å². The van der Waals surface area contributed by atoms with Gasteiger partial charge in [0.25, 0.3) is 0 Å². The van der Waals surface area contributed by atoms with Crippen LogP contribution in [0.5, 0.6) is 0 Å². The molecule has 2 rings (SSSR count). The minimum Gasteiger partial charge on any atom is -0.310 e. The summed E-state index contributed by atoms with van der Waals surface area (Å²) in [6, 6.07) is 9.72. The fraction of sp³-hybridized carbons (Fsp3) is 0.625. The van der Waals surface area contributed by atoms with Gasteiger partial charge in [-0.3, -0.25) is 0 Å². The lowest BCUT2D eigenvalue weighted by atomic mass is 9.90. The summed E-state index contributed by atoms with van der Waals surface area (Å²) in [6.07, 6.45) is 3.98. The number of nitrogens with one attached hydrogen (secondary N) is 1. The van der Waals surface area contributed by atoms with Crippen molar-refractivity contribution in [2.45, 2.75) is 46.1 Å². The van der Waals surface area contributed by atoms with Crippen molar-refractivity contribution in [1.82, 2.24) is 5.32 Å². The zero-order chi connectivity index (χ0) is 12.3. The van der Waals surface area contributed by atoms with Gasteiger partial charge in [0.2, 0.25) is 0 Å². The summed E-state index contributed by atoms with van der Waals surface area (Å²) in [5.74, 6) is 1.72. The minimum absolute atomic E-state index is 0.540. The third kappa shape index (κ3) is 3.10. The lowest BCUT2D eigenvalue weighted by molar-refractivity contribution is 0.355. The molecule has 1 saturated carbocycles. The third-order valence-corrected chi connectivity index (χ3v) is 4.06. The van der Waals surface area contributed by atoms with Crippen molar-refractivity contribution in [3.8, 4) is 0 Å². The fourth-order valence-electron chi connectivity index (χ4n) is 2.68. The SMILES string of the molecule is CCNC(c1ccc(CC)cc1)C(C)C1CC1. The third-order valence-electron chi connectivity index (χ3n) is 4.06. The smallest absolute Gasteiger partial charge is 0.0348 e. The van der Waals surface area contributed by atoms with Crippen LogP contribution in [-0.4, -0.2) is 6.54 Å². The Morgan fingerprint density at radius 2 is 1.82 bits per heavy atom. The molecule has 2 atom stereocenters. The number of hydrogen-bond donors (Lipinski definition) is 1. The molecular formula is C16H25N. The quantitative estimate of drug-likeness (QED) is 0.782. The number of aryl methyl sites for hydroxylation is 1. The highest BCUT2D eigenvalue weighted by atomic mass is 14.9. The van der Waals surface area contributed by atoms with Crippen LogP contribution < -0.4 is 5.32 Å². The highest BCUT2D eigenvalue weighted by Gasteiger charge is 2.33. The van der Waals surface area contributed by atoms with Crippen molar-refractivity contribution in [2.24, 2.45) is 11.8 Å². The molecule has 0 aromatic heterocycles. The molecule has 0 bridgehead atoms. The van der Waals surface area contributed by atoms with Crippen LogP contribution in [0.25, 0.3) is 0 Å². The molecule has 0 spiro atoms. The molecule has 0 radical (unpaired) electrons. The van der Waals surface area contributed by atoms with E-state index in [1.54, 1.807) is 0 Å². The Kier molecular flexibility index (Phi) is 4.22. The first-order valence-electron chi connectivity index (χ1n) is 7.08. The zero-order valence-corrected chi connectivity index (χ0v) is 11.4. The zero-order valence-electron chi connectivity index (χ0n) is 11.4. The van der Waals surface area contributed by atoms with E-state index < -0.39 is 0 Å². The van der Waals surface area contributed by atoms with E-state index in [-0.39, 0.29) is 0 Å². The van der Waals surface area contributed by atoms with E-state index in [0.29, 0.717) is 6.04 Å². The summed E-state index contributed by atoms with van der Waals surface area (Å²) < 4.78 is 0. The van der Waals surface area contributed by atoms with Crippen LogP contribution in [-0.2, 0) is 6.42 Å². The summed E-state index contributed by atoms with van der Waals surface area (Å²) in [5.41, 5.74) is 2.89. The molecule has 0 aliphatic heterocycles. The Morgan fingerprint density at radius 1 is 1.18 bits per heavy atom. The lowest BCUT2D eigenvalue weighted by Crippen LogP contribution is -2.27. The molecule has 1 N–H and O–H groups in total. The van der Waals surface area contributed by atoms with E-state index in [2.05, 4.69) is 50.4 Å². The monoisotopic (exact) mass is 231 g/mol. The molecule has 2 unspecified atom stereocenters. The van der Waals surface area contributed by atoms with E-state index in [9.17, 15) is 0 Å². The maximum Gasteiger partial charge on any atom is 0.0348 e. The second-order valence-corrected chi connectivity index (χ2v) is 5.33. The van der Waals surface area contributed by atoms with Gasteiger partial charge in [-0.25, -0.2) is 0 Å². The second kappa shape index (κ2) is 5.68. The van der Waals surface area contributed by atoms with Crippen molar-refractivity contribution < 1.29 is 0 Å². The van der Waals surface area contributed by atoms with Crippen LogP contribution in [0.15, 0.2) is 24.3 Å². The molecule has 1 aromatic carbocycles. The summed E-state index contributed by atoms with van der Waals surface area (Å²) in [6.45, 7) is 7.87. The first-order chi connectivity index (χ1) is 8.26. The minimum atomic E-state index is 0.540. The lowest BCUT2D eigenvalue weighted by Gasteiger charge is -2.25. The summed E-state index contributed by atoms with van der Waals surface area (Å²) >= 11 is 0. The summed E-state index contributed by atoms with van der Waals surface area (Å²) in [7, 11) is 0. The molecule has 1 heteroatoms. The van der Waals surface area contributed by atoms with Gasteiger partial charge in [0, 0.05) is 6.04 Å². The van der Waals surface area contributed by atoms with Crippen LogP contribution >= 0.6 is 0 Å². The highest BCUT2D eigenvalue weighted by molar-refractivity contribution is 5.25. The number of benzene rings is 1. The average molecular weight is 231 g/mol. The van der Waals surface area contributed by atoms with Crippen molar-refractivity contribution >= 4 is 0 Å². The number of hydrogen-bond acceptors (Lipinski definition) is 1. The van der Waals surface area contributed by atoms with Gasteiger partial charge in [-0.2, -0.15) is 0 Å². The standard InChI is InChI=1S/C16H25N/c1-4-13-6-8-15(9-7-13)16(17-5-2)12(3)14-10-11-14/h6-9,12,14,16-17H,4-5,10-11H2,1-3H3. The molecule has 0 saturated heterocycles. The molecule has 1 aliphatic carbocycles. The Labute approximate surface area is 106 Å². The molecule has 1 fully saturated rings. The molecule has 17 heavy (non-hydrogen) atoms. The maximum absolute atomic E-state index is 3.66. The van der Waals surface area contributed by atoms with E-state index in [4.69, 9.17) is 0 Å². The van der Waals surface area contributed by atoms with Crippen LogP contribution in [0.2, 0.25) is 0 Å². The number of rotatable bonds is 6. The van der Waals surface area contributed by atoms with Gasteiger partial charge in [-0.15, -0.1) is 0 Å². The normalized spacial score (nSPS) is 19.0. The highest BCUT2D eigenvalue weighted by Crippen LogP contribution is 2.42. The van der Waals surface area contributed by atoms with Crippen LogP contribution in [0.4, 0.5) is 0 Å². The Hall–Kier alpha value is -0.820. The van der Waals surface area contributed by atoms with Crippen molar-refractivity contribution in [3.05, 3.63) is 35.4 Å². The maximum atomic E-state index is 3.66. The van der Waals surface area contributed by atoms with Crippen LogP contribution in [0, 0.1) is 11.8 Å². The molecule has 0 heterocycles. The predicted octanol–water partition coefficient (Wildman–Crippen LogP) is 3.95. The van der Waals surface area contributed by atoms with Crippen molar-refractivity contribution in [2.75, 3.05) is 6.54 Å². The largest absolute Gasteiger partial charge is 0.310 e. The Bertz CT molecular complexity index is 337. The predicted molar refractivity (Wildman–Crippen MR) is 74.1 cm³/mol. The molecule has 1 aliphatic rings. The van der Waals surface area contributed by atoms with Gasteiger partial charge in [-0.1, -0.05) is 45.0 Å². The van der Waals surface area contributed by atoms with Crippen LogP contribution in [0.1, 0.15) is 50.8 Å². The van der Waals surface area contributed by atoms with Gasteiger partial charge >= 0.3 is 0 Å². The summed E-state index contributed by atoms with van der Waals surface area (Å²) in [5, 5.41) is 3.66. The summed E-state index contributed by atoms with van der Waals surface area (Å²) in [4.78, 5) is 0. The molecule has 94 valence electrons. The topological polar surface area (TPSA) is 12.0 Å². The van der Waals surface area contributed by atoms with Gasteiger partial charge in [-0.05, 0) is 48.8 Å². The van der Waals surface area contributed by atoms with Crippen molar-refractivity contribution in [1.29, 1.82) is 0 Å². The Morgan fingerprint density at radius 3 is 2.29 bits per heavy atom. The van der Waals surface area contributed by atoms with E-state index in [1.165, 1.54) is 24.0 Å².